The van der Waals surface area contributed by atoms with Gasteiger partial charge in [-0.15, -0.1) is 0 Å². The molecular formula is C9H9NO4. The summed E-state index contributed by atoms with van der Waals surface area (Å²) in [5.74, 6) is -2.18. The third-order valence-corrected chi connectivity index (χ3v) is 1.77. The summed E-state index contributed by atoms with van der Waals surface area (Å²) >= 11 is 0. The summed E-state index contributed by atoms with van der Waals surface area (Å²) in [5, 5.41) is 20.0. The highest BCUT2D eigenvalue weighted by atomic mass is 16.4. The quantitative estimate of drug-likeness (QED) is 0.672. The Hall–Kier alpha value is -2.04. The standard InChI is InChI=1S/C9H9NO4/c1-10-7-4-5(8(11)12)2-3-6(7)9(13)14/h2-4,10H,1H3,(H,11,12)(H,13,14). The molecule has 1 aromatic carbocycles. The van der Waals surface area contributed by atoms with E-state index in [9.17, 15) is 9.59 Å². The second-order valence-electron chi connectivity index (χ2n) is 2.62. The number of carboxylic acids is 2. The van der Waals surface area contributed by atoms with Gasteiger partial charge in [0.05, 0.1) is 11.1 Å². The van der Waals surface area contributed by atoms with Crippen LogP contribution in [0.5, 0.6) is 0 Å². The average molecular weight is 195 g/mol. The molecule has 0 aliphatic carbocycles. The summed E-state index contributed by atoms with van der Waals surface area (Å²) < 4.78 is 0. The Labute approximate surface area is 80.0 Å². The molecule has 0 aliphatic heterocycles. The average Bonchev–Trinajstić information content (AvgIpc) is 2.16. The highest BCUT2D eigenvalue weighted by molar-refractivity contribution is 5.97. The molecule has 0 bridgehead atoms. The summed E-state index contributed by atoms with van der Waals surface area (Å²) in [6, 6.07) is 3.80. The number of hydrogen-bond donors (Lipinski definition) is 3. The maximum absolute atomic E-state index is 10.7. The molecule has 0 heterocycles. The zero-order chi connectivity index (χ0) is 10.7. The SMILES string of the molecule is CNc1cc(C(=O)O)ccc1C(=O)O. The number of hydrogen-bond acceptors (Lipinski definition) is 3. The van der Waals surface area contributed by atoms with E-state index in [2.05, 4.69) is 5.32 Å². The molecule has 0 aromatic heterocycles. The molecule has 0 saturated carbocycles. The lowest BCUT2D eigenvalue weighted by Gasteiger charge is -2.05. The number of carbonyl (C=O) groups is 2. The largest absolute Gasteiger partial charge is 0.478 e. The molecule has 0 atom stereocenters. The summed E-state index contributed by atoms with van der Waals surface area (Å²) in [7, 11) is 1.54. The van der Waals surface area contributed by atoms with Crippen molar-refractivity contribution >= 4 is 17.6 Å². The topological polar surface area (TPSA) is 86.6 Å². The highest BCUT2D eigenvalue weighted by Crippen LogP contribution is 2.17. The third kappa shape index (κ3) is 1.82. The van der Waals surface area contributed by atoms with Gasteiger partial charge in [0.1, 0.15) is 0 Å². The summed E-state index contributed by atoms with van der Waals surface area (Å²) in [5.41, 5.74) is 0.397. The van der Waals surface area contributed by atoms with E-state index >= 15 is 0 Å². The van der Waals surface area contributed by atoms with Crippen LogP contribution in [0.4, 0.5) is 5.69 Å². The van der Waals surface area contributed by atoms with E-state index in [1.165, 1.54) is 25.2 Å². The fourth-order valence-electron chi connectivity index (χ4n) is 1.07. The van der Waals surface area contributed by atoms with Gasteiger partial charge in [0.15, 0.2) is 0 Å². The smallest absolute Gasteiger partial charge is 0.337 e. The van der Waals surface area contributed by atoms with E-state index in [0.29, 0.717) is 0 Å². The summed E-state index contributed by atoms with van der Waals surface area (Å²) in [6.07, 6.45) is 0. The number of carboxylic acid groups (broad SMARTS) is 2. The predicted molar refractivity (Wildman–Crippen MR) is 49.9 cm³/mol. The van der Waals surface area contributed by atoms with E-state index in [1.54, 1.807) is 0 Å². The second-order valence-corrected chi connectivity index (χ2v) is 2.62. The molecule has 3 N–H and O–H groups in total. The van der Waals surface area contributed by atoms with Gasteiger partial charge in [0.2, 0.25) is 0 Å². The van der Waals surface area contributed by atoms with Gasteiger partial charge in [0.25, 0.3) is 0 Å². The molecule has 14 heavy (non-hydrogen) atoms. The van der Waals surface area contributed by atoms with Crippen molar-refractivity contribution in [3.05, 3.63) is 29.3 Å². The van der Waals surface area contributed by atoms with Crippen LogP contribution in [0, 0.1) is 0 Å². The molecule has 1 aromatic rings. The van der Waals surface area contributed by atoms with Gasteiger partial charge >= 0.3 is 11.9 Å². The van der Waals surface area contributed by atoms with Gasteiger partial charge in [-0.3, -0.25) is 0 Å². The lowest BCUT2D eigenvalue weighted by atomic mass is 10.1. The number of aromatic carboxylic acids is 2. The molecular weight excluding hydrogens is 186 g/mol. The van der Waals surface area contributed by atoms with E-state index in [0.717, 1.165) is 0 Å². The molecule has 5 nitrogen and oxygen atoms in total. The Balaban J connectivity index is 3.25. The zero-order valence-corrected chi connectivity index (χ0v) is 7.44. The van der Waals surface area contributed by atoms with Crippen LogP contribution >= 0.6 is 0 Å². The van der Waals surface area contributed by atoms with Gasteiger partial charge in [-0.2, -0.15) is 0 Å². The fourth-order valence-corrected chi connectivity index (χ4v) is 1.07. The number of rotatable bonds is 3. The molecule has 0 spiro atoms. The van der Waals surface area contributed by atoms with Crippen molar-refractivity contribution in [3.63, 3.8) is 0 Å². The Morgan fingerprint density at radius 1 is 1.21 bits per heavy atom. The van der Waals surface area contributed by atoms with Crippen molar-refractivity contribution in [2.45, 2.75) is 0 Å². The molecule has 1 rings (SSSR count). The van der Waals surface area contributed by atoms with Crippen molar-refractivity contribution < 1.29 is 19.8 Å². The highest BCUT2D eigenvalue weighted by Gasteiger charge is 2.11. The number of anilines is 1. The minimum atomic E-state index is -1.09. The van der Waals surface area contributed by atoms with Crippen molar-refractivity contribution in [2.75, 3.05) is 12.4 Å². The van der Waals surface area contributed by atoms with Crippen molar-refractivity contribution in [2.24, 2.45) is 0 Å². The lowest BCUT2D eigenvalue weighted by molar-refractivity contribution is 0.0682. The van der Waals surface area contributed by atoms with Gasteiger partial charge in [-0.25, -0.2) is 9.59 Å². The minimum Gasteiger partial charge on any atom is -0.478 e. The van der Waals surface area contributed by atoms with Gasteiger partial charge in [-0.1, -0.05) is 0 Å². The fraction of sp³-hybridized carbons (Fsp3) is 0.111. The van der Waals surface area contributed by atoms with E-state index in [1.807, 2.05) is 0 Å². The van der Waals surface area contributed by atoms with Crippen molar-refractivity contribution in [1.82, 2.24) is 0 Å². The van der Waals surface area contributed by atoms with Crippen LogP contribution in [-0.4, -0.2) is 29.2 Å². The molecule has 0 unspecified atom stereocenters. The maximum atomic E-state index is 10.7. The minimum absolute atomic E-state index is 0.0532. The van der Waals surface area contributed by atoms with Crippen LogP contribution < -0.4 is 5.32 Å². The first-order chi connectivity index (χ1) is 6.56. The van der Waals surface area contributed by atoms with Gasteiger partial charge in [0, 0.05) is 12.7 Å². The van der Waals surface area contributed by atoms with Crippen LogP contribution in [0.25, 0.3) is 0 Å². The summed E-state index contributed by atoms with van der Waals surface area (Å²) in [4.78, 5) is 21.2. The van der Waals surface area contributed by atoms with E-state index in [4.69, 9.17) is 10.2 Å². The van der Waals surface area contributed by atoms with Crippen LogP contribution in [0.15, 0.2) is 18.2 Å². The van der Waals surface area contributed by atoms with Crippen LogP contribution in [-0.2, 0) is 0 Å². The van der Waals surface area contributed by atoms with Crippen LogP contribution in [0.1, 0.15) is 20.7 Å². The first-order valence-corrected chi connectivity index (χ1v) is 3.84. The Morgan fingerprint density at radius 3 is 2.29 bits per heavy atom. The molecule has 74 valence electrons. The van der Waals surface area contributed by atoms with Crippen LogP contribution in [0.2, 0.25) is 0 Å². The maximum Gasteiger partial charge on any atom is 0.337 e. The van der Waals surface area contributed by atoms with Gasteiger partial charge in [-0.05, 0) is 18.2 Å². The molecule has 0 aliphatic rings. The molecule has 0 radical (unpaired) electrons. The van der Waals surface area contributed by atoms with E-state index in [-0.39, 0.29) is 16.8 Å². The number of nitrogens with one attached hydrogen (secondary N) is 1. The molecule has 0 amide bonds. The Morgan fingerprint density at radius 2 is 1.86 bits per heavy atom. The lowest BCUT2D eigenvalue weighted by Crippen LogP contribution is -2.05. The first-order valence-electron chi connectivity index (χ1n) is 3.84. The molecule has 0 fully saturated rings. The van der Waals surface area contributed by atoms with Crippen molar-refractivity contribution in [3.8, 4) is 0 Å². The Kier molecular flexibility index (Phi) is 2.71. The predicted octanol–water partition coefficient (Wildman–Crippen LogP) is 1.12. The van der Waals surface area contributed by atoms with E-state index < -0.39 is 11.9 Å². The normalized spacial score (nSPS) is 9.50. The summed E-state index contributed by atoms with van der Waals surface area (Å²) in [6.45, 7) is 0. The molecule has 5 heteroatoms. The van der Waals surface area contributed by atoms with Crippen LogP contribution in [0.3, 0.4) is 0 Å². The Bertz CT molecular complexity index is 386. The number of benzene rings is 1. The molecule has 0 saturated heterocycles. The first kappa shape index (κ1) is 10.0. The second kappa shape index (κ2) is 3.78. The van der Waals surface area contributed by atoms with Crippen molar-refractivity contribution in [1.29, 1.82) is 0 Å². The third-order valence-electron chi connectivity index (χ3n) is 1.77. The monoisotopic (exact) mass is 195 g/mol. The van der Waals surface area contributed by atoms with Gasteiger partial charge < -0.3 is 15.5 Å². The zero-order valence-electron chi connectivity index (χ0n) is 7.44.